The van der Waals surface area contributed by atoms with Gasteiger partial charge < -0.3 is 8.83 Å². The summed E-state index contributed by atoms with van der Waals surface area (Å²) in [5.41, 5.74) is 1.12. The molecule has 132 valence electrons. The minimum absolute atomic E-state index is 0.439. The second-order valence-corrected chi connectivity index (χ2v) is 7.61. The van der Waals surface area contributed by atoms with E-state index in [0.29, 0.717) is 30.0 Å². The molecule has 1 saturated heterocycles. The Morgan fingerprint density at radius 1 is 1.08 bits per heavy atom. The summed E-state index contributed by atoms with van der Waals surface area (Å²) >= 11 is 1.83. The summed E-state index contributed by atoms with van der Waals surface area (Å²) in [6.07, 6.45) is 3.82. The quantitative estimate of drug-likeness (QED) is 0.536. The fourth-order valence-corrected chi connectivity index (χ4v) is 4.55. The zero-order valence-corrected chi connectivity index (χ0v) is 15.0. The number of aromatic nitrogens is 3. The molecule has 4 heterocycles. The number of likely N-dealkylation sites (tertiary alicyclic amines) is 1. The second kappa shape index (κ2) is 6.66. The number of benzene rings is 1. The lowest BCUT2D eigenvalue weighted by Gasteiger charge is -2.29. The predicted octanol–water partition coefficient (Wildman–Crippen LogP) is 4.32. The van der Waals surface area contributed by atoms with Gasteiger partial charge in [0.25, 0.3) is 5.89 Å². The van der Waals surface area contributed by atoms with E-state index in [-0.39, 0.29) is 0 Å². The Kier molecular flexibility index (Phi) is 4.03. The Labute approximate surface area is 154 Å². The lowest BCUT2D eigenvalue weighted by atomic mass is 9.97. The molecule has 1 aromatic carbocycles. The van der Waals surface area contributed by atoms with Crippen molar-refractivity contribution in [3.63, 3.8) is 0 Å². The number of fused-ring (bicyclic) bond motifs is 1. The molecule has 0 unspecified atom stereocenters. The SMILES string of the molecule is c1coc(-c2nnc(CN3CCC(c4nc5ccccc5s4)CC3)o2)c1. The highest BCUT2D eigenvalue weighted by molar-refractivity contribution is 7.18. The van der Waals surface area contributed by atoms with Crippen molar-refractivity contribution in [2.45, 2.75) is 25.3 Å². The van der Waals surface area contributed by atoms with Gasteiger partial charge in [-0.25, -0.2) is 4.98 Å². The van der Waals surface area contributed by atoms with Crippen LogP contribution in [0.1, 0.15) is 29.7 Å². The Bertz CT molecular complexity index is 967. The first-order valence-corrected chi connectivity index (χ1v) is 9.61. The maximum atomic E-state index is 5.71. The molecule has 26 heavy (non-hydrogen) atoms. The molecule has 0 aliphatic carbocycles. The largest absolute Gasteiger partial charge is 0.459 e. The van der Waals surface area contributed by atoms with Gasteiger partial charge in [0, 0.05) is 5.92 Å². The van der Waals surface area contributed by atoms with E-state index in [1.54, 1.807) is 6.26 Å². The average Bonchev–Trinajstić information content (AvgIpc) is 3.42. The molecule has 4 aromatic rings. The molecule has 0 amide bonds. The standard InChI is InChI=1S/C19H18N4O2S/c1-2-6-16-14(4-1)20-19(26-16)13-7-9-23(10-8-13)12-17-21-22-18(25-17)15-5-3-11-24-15/h1-6,11,13H,7-10,12H2. The van der Waals surface area contributed by atoms with Crippen molar-refractivity contribution in [3.8, 4) is 11.7 Å². The average molecular weight is 366 g/mol. The van der Waals surface area contributed by atoms with E-state index in [2.05, 4.69) is 39.4 Å². The molecule has 0 spiro atoms. The van der Waals surface area contributed by atoms with Crippen LogP contribution in [0.25, 0.3) is 21.9 Å². The topological polar surface area (TPSA) is 68.2 Å². The fraction of sp³-hybridized carbons (Fsp3) is 0.316. The van der Waals surface area contributed by atoms with Crippen LogP contribution in [0.5, 0.6) is 0 Å². The smallest absolute Gasteiger partial charge is 0.283 e. The number of piperidine rings is 1. The molecule has 0 saturated carbocycles. The van der Waals surface area contributed by atoms with Crippen molar-refractivity contribution in [1.29, 1.82) is 0 Å². The van der Waals surface area contributed by atoms with Gasteiger partial charge >= 0.3 is 0 Å². The number of hydrogen-bond donors (Lipinski definition) is 0. The van der Waals surface area contributed by atoms with E-state index in [9.17, 15) is 0 Å². The highest BCUT2D eigenvalue weighted by Gasteiger charge is 2.24. The summed E-state index contributed by atoms with van der Waals surface area (Å²) in [6.45, 7) is 2.71. The zero-order chi connectivity index (χ0) is 17.3. The Morgan fingerprint density at radius 2 is 1.96 bits per heavy atom. The molecular weight excluding hydrogens is 348 g/mol. The normalized spacial score (nSPS) is 16.5. The van der Waals surface area contributed by atoms with Crippen LogP contribution < -0.4 is 0 Å². The third-order valence-electron chi connectivity index (χ3n) is 4.80. The Morgan fingerprint density at radius 3 is 2.77 bits per heavy atom. The Hall–Kier alpha value is -2.51. The number of rotatable bonds is 4. The van der Waals surface area contributed by atoms with Gasteiger partial charge in [0.2, 0.25) is 5.89 Å². The number of furan rings is 1. The monoisotopic (exact) mass is 366 g/mol. The summed E-state index contributed by atoms with van der Waals surface area (Å²) in [5, 5.41) is 9.48. The van der Waals surface area contributed by atoms with Crippen molar-refractivity contribution >= 4 is 21.6 Å². The predicted molar refractivity (Wildman–Crippen MR) is 98.9 cm³/mol. The van der Waals surface area contributed by atoms with Crippen LogP contribution in [0.2, 0.25) is 0 Å². The fourth-order valence-electron chi connectivity index (χ4n) is 3.41. The maximum absolute atomic E-state index is 5.71. The lowest BCUT2D eigenvalue weighted by molar-refractivity contribution is 0.188. The third-order valence-corrected chi connectivity index (χ3v) is 6.00. The maximum Gasteiger partial charge on any atom is 0.283 e. The molecule has 1 aliphatic rings. The first kappa shape index (κ1) is 15.7. The summed E-state index contributed by atoms with van der Waals surface area (Å²) < 4.78 is 12.3. The lowest BCUT2D eigenvalue weighted by Crippen LogP contribution is -2.32. The van der Waals surface area contributed by atoms with Gasteiger partial charge in [0.15, 0.2) is 5.76 Å². The van der Waals surface area contributed by atoms with E-state index in [0.717, 1.165) is 31.4 Å². The molecule has 0 bridgehead atoms. The van der Waals surface area contributed by atoms with Gasteiger partial charge in [-0.3, -0.25) is 4.90 Å². The van der Waals surface area contributed by atoms with Crippen LogP contribution in [0.4, 0.5) is 0 Å². The van der Waals surface area contributed by atoms with Gasteiger partial charge in [-0.05, 0) is 50.2 Å². The highest BCUT2D eigenvalue weighted by atomic mass is 32.1. The summed E-state index contributed by atoms with van der Waals surface area (Å²) in [6, 6.07) is 12.0. The number of thiazole rings is 1. The molecule has 7 heteroatoms. The van der Waals surface area contributed by atoms with Crippen LogP contribution in [0.3, 0.4) is 0 Å². The molecule has 1 aliphatic heterocycles. The Balaban J connectivity index is 1.22. The van der Waals surface area contributed by atoms with Gasteiger partial charge in [0.1, 0.15) is 0 Å². The van der Waals surface area contributed by atoms with Crippen LogP contribution >= 0.6 is 11.3 Å². The molecule has 5 rings (SSSR count). The van der Waals surface area contributed by atoms with Crippen LogP contribution in [0.15, 0.2) is 51.5 Å². The van der Waals surface area contributed by atoms with Gasteiger partial charge in [0.05, 0.1) is 28.0 Å². The molecular formula is C19H18N4O2S. The highest BCUT2D eigenvalue weighted by Crippen LogP contribution is 2.34. The first-order chi connectivity index (χ1) is 12.8. The molecule has 0 N–H and O–H groups in total. The van der Waals surface area contributed by atoms with Crippen molar-refractivity contribution < 1.29 is 8.83 Å². The molecule has 6 nitrogen and oxygen atoms in total. The van der Waals surface area contributed by atoms with Crippen LogP contribution in [-0.2, 0) is 6.54 Å². The first-order valence-electron chi connectivity index (χ1n) is 8.79. The van der Waals surface area contributed by atoms with E-state index in [1.165, 1.54) is 9.71 Å². The van der Waals surface area contributed by atoms with E-state index >= 15 is 0 Å². The second-order valence-electron chi connectivity index (χ2n) is 6.55. The molecule has 0 radical (unpaired) electrons. The van der Waals surface area contributed by atoms with Crippen LogP contribution in [0, 0.1) is 0 Å². The van der Waals surface area contributed by atoms with Crippen molar-refractivity contribution in [1.82, 2.24) is 20.1 Å². The van der Waals surface area contributed by atoms with E-state index in [1.807, 2.05) is 23.5 Å². The molecule has 3 aromatic heterocycles. The van der Waals surface area contributed by atoms with Gasteiger partial charge in [-0.15, -0.1) is 21.5 Å². The van der Waals surface area contributed by atoms with Crippen LogP contribution in [-0.4, -0.2) is 33.2 Å². The minimum Gasteiger partial charge on any atom is -0.459 e. The van der Waals surface area contributed by atoms with Crippen molar-refractivity contribution in [2.75, 3.05) is 13.1 Å². The number of hydrogen-bond acceptors (Lipinski definition) is 7. The van der Waals surface area contributed by atoms with Crippen molar-refractivity contribution in [2.24, 2.45) is 0 Å². The minimum atomic E-state index is 0.439. The third kappa shape index (κ3) is 3.04. The van der Waals surface area contributed by atoms with E-state index < -0.39 is 0 Å². The van der Waals surface area contributed by atoms with Crippen molar-refractivity contribution in [3.05, 3.63) is 53.6 Å². The summed E-state index contributed by atoms with van der Waals surface area (Å²) in [4.78, 5) is 7.19. The number of nitrogens with zero attached hydrogens (tertiary/aromatic N) is 4. The number of para-hydroxylation sites is 1. The summed E-state index contributed by atoms with van der Waals surface area (Å²) in [5.74, 6) is 2.23. The molecule has 1 fully saturated rings. The van der Waals surface area contributed by atoms with Gasteiger partial charge in [-0.1, -0.05) is 12.1 Å². The zero-order valence-electron chi connectivity index (χ0n) is 14.2. The summed E-state index contributed by atoms with van der Waals surface area (Å²) in [7, 11) is 0. The van der Waals surface area contributed by atoms with Gasteiger partial charge in [-0.2, -0.15) is 0 Å². The van der Waals surface area contributed by atoms with E-state index in [4.69, 9.17) is 13.8 Å². The molecule has 0 atom stereocenters.